The highest BCUT2D eigenvalue weighted by Crippen LogP contribution is 2.20. The Morgan fingerprint density at radius 2 is 1.83 bits per heavy atom. The lowest BCUT2D eigenvalue weighted by molar-refractivity contribution is -0.120. The molecule has 2 saturated heterocycles. The van der Waals surface area contributed by atoms with Crippen LogP contribution >= 0.6 is 0 Å². The number of amides is 1. The minimum absolute atomic E-state index is 0.197. The predicted molar refractivity (Wildman–Crippen MR) is 94.0 cm³/mol. The van der Waals surface area contributed by atoms with Gasteiger partial charge in [-0.1, -0.05) is 12.1 Å². The number of rotatable bonds is 2. The average Bonchev–Trinajstić information content (AvgIpc) is 2.86. The summed E-state index contributed by atoms with van der Waals surface area (Å²) in [7, 11) is 0. The molecule has 6 nitrogen and oxygen atoms in total. The van der Waals surface area contributed by atoms with Crippen LogP contribution in [0.25, 0.3) is 11.0 Å². The molecule has 0 bridgehead atoms. The number of aromatic nitrogens is 2. The molecule has 3 heterocycles. The van der Waals surface area contributed by atoms with Gasteiger partial charge in [0.15, 0.2) is 0 Å². The zero-order valence-corrected chi connectivity index (χ0v) is 13.8. The van der Waals surface area contributed by atoms with Crippen LogP contribution in [-0.4, -0.2) is 59.5 Å². The molecule has 1 unspecified atom stereocenters. The first-order chi connectivity index (χ1) is 11.8. The molecule has 24 heavy (non-hydrogen) atoms. The van der Waals surface area contributed by atoms with E-state index in [0.717, 1.165) is 62.4 Å². The van der Waals surface area contributed by atoms with Crippen molar-refractivity contribution in [2.45, 2.75) is 25.3 Å². The second-order valence-electron chi connectivity index (χ2n) is 6.57. The molecule has 6 heteroatoms. The van der Waals surface area contributed by atoms with Crippen molar-refractivity contribution in [2.75, 3.05) is 37.6 Å². The molecule has 1 N–H and O–H groups in total. The molecule has 0 radical (unpaired) electrons. The first kappa shape index (κ1) is 15.3. The second-order valence-corrected chi connectivity index (χ2v) is 6.57. The average molecular weight is 325 g/mol. The maximum atomic E-state index is 11.5. The minimum Gasteiger partial charge on any atom is -0.356 e. The molecule has 2 aliphatic heterocycles. The number of carbonyl (C=O) groups is 1. The van der Waals surface area contributed by atoms with E-state index in [1.807, 2.05) is 30.5 Å². The predicted octanol–water partition coefficient (Wildman–Crippen LogP) is 1.42. The Morgan fingerprint density at radius 3 is 2.67 bits per heavy atom. The van der Waals surface area contributed by atoms with E-state index in [9.17, 15) is 4.79 Å². The van der Waals surface area contributed by atoms with Crippen LogP contribution in [0.3, 0.4) is 0 Å². The Labute approximate surface area is 141 Å². The number of nitrogens with zero attached hydrogens (tertiary/aromatic N) is 4. The van der Waals surface area contributed by atoms with Gasteiger partial charge in [0, 0.05) is 45.2 Å². The van der Waals surface area contributed by atoms with Crippen LogP contribution in [0.2, 0.25) is 0 Å². The number of hydrogen-bond acceptors (Lipinski definition) is 5. The van der Waals surface area contributed by atoms with Crippen LogP contribution in [-0.2, 0) is 4.79 Å². The third-order valence-corrected chi connectivity index (χ3v) is 5.09. The molecule has 126 valence electrons. The summed E-state index contributed by atoms with van der Waals surface area (Å²) >= 11 is 0. The Bertz CT molecular complexity index is 726. The van der Waals surface area contributed by atoms with Crippen molar-refractivity contribution in [1.29, 1.82) is 0 Å². The van der Waals surface area contributed by atoms with E-state index in [1.165, 1.54) is 0 Å². The fraction of sp³-hybridized carbons (Fsp3) is 0.500. The van der Waals surface area contributed by atoms with Crippen LogP contribution in [0.1, 0.15) is 19.3 Å². The van der Waals surface area contributed by atoms with Gasteiger partial charge in [0.25, 0.3) is 0 Å². The molecule has 1 amide bonds. The van der Waals surface area contributed by atoms with E-state index in [4.69, 9.17) is 4.98 Å². The Kier molecular flexibility index (Phi) is 4.30. The molecule has 1 atom stereocenters. The monoisotopic (exact) mass is 325 g/mol. The van der Waals surface area contributed by atoms with Crippen LogP contribution in [0.4, 0.5) is 5.82 Å². The Morgan fingerprint density at radius 1 is 1.04 bits per heavy atom. The van der Waals surface area contributed by atoms with Crippen LogP contribution in [0.15, 0.2) is 30.5 Å². The van der Waals surface area contributed by atoms with Crippen molar-refractivity contribution in [3.63, 3.8) is 0 Å². The van der Waals surface area contributed by atoms with Gasteiger partial charge in [-0.05, 0) is 25.0 Å². The van der Waals surface area contributed by atoms with Gasteiger partial charge in [0.2, 0.25) is 5.91 Å². The van der Waals surface area contributed by atoms with Gasteiger partial charge < -0.3 is 10.2 Å². The number of piperazine rings is 1. The number of hydrogen-bond donors (Lipinski definition) is 1. The topological polar surface area (TPSA) is 61.4 Å². The zero-order valence-electron chi connectivity index (χ0n) is 13.8. The molecule has 0 saturated carbocycles. The smallest absolute Gasteiger partial charge is 0.220 e. The fourth-order valence-corrected chi connectivity index (χ4v) is 3.69. The van der Waals surface area contributed by atoms with Gasteiger partial charge in [0.1, 0.15) is 5.82 Å². The van der Waals surface area contributed by atoms with E-state index >= 15 is 0 Å². The summed E-state index contributed by atoms with van der Waals surface area (Å²) in [5.41, 5.74) is 1.89. The van der Waals surface area contributed by atoms with Gasteiger partial charge >= 0.3 is 0 Å². The van der Waals surface area contributed by atoms with Gasteiger partial charge in [-0.25, -0.2) is 4.98 Å². The van der Waals surface area contributed by atoms with E-state index in [2.05, 4.69) is 20.1 Å². The molecule has 4 rings (SSSR count). The van der Waals surface area contributed by atoms with Crippen molar-refractivity contribution < 1.29 is 4.79 Å². The lowest BCUT2D eigenvalue weighted by Gasteiger charge is -2.39. The summed E-state index contributed by atoms with van der Waals surface area (Å²) < 4.78 is 0. The highest BCUT2D eigenvalue weighted by atomic mass is 16.1. The first-order valence-corrected chi connectivity index (χ1v) is 8.77. The largest absolute Gasteiger partial charge is 0.356 e. The number of para-hydroxylation sites is 2. The van der Waals surface area contributed by atoms with Gasteiger partial charge in [-0.15, -0.1) is 0 Å². The quantitative estimate of drug-likeness (QED) is 0.905. The third-order valence-electron chi connectivity index (χ3n) is 5.09. The lowest BCUT2D eigenvalue weighted by atomic mass is 10.1. The van der Waals surface area contributed by atoms with E-state index < -0.39 is 0 Å². The number of fused-ring (bicyclic) bond motifs is 1. The molecule has 2 fully saturated rings. The minimum atomic E-state index is 0.197. The fourth-order valence-electron chi connectivity index (χ4n) is 3.69. The summed E-state index contributed by atoms with van der Waals surface area (Å²) in [6.07, 6.45) is 4.57. The van der Waals surface area contributed by atoms with Crippen molar-refractivity contribution in [3.8, 4) is 0 Å². The van der Waals surface area contributed by atoms with Gasteiger partial charge in [0.05, 0.1) is 17.2 Å². The molecule has 1 aromatic heterocycles. The summed E-state index contributed by atoms with van der Waals surface area (Å²) in [6, 6.07) is 8.51. The SMILES string of the molecule is O=C1CCC(N2CCN(c3cnc4ccccc4n3)CC2)CCN1. The zero-order chi connectivity index (χ0) is 16.4. The first-order valence-electron chi connectivity index (χ1n) is 8.77. The van der Waals surface area contributed by atoms with E-state index in [0.29, 0.717) is 12.5 Å². The second kappa shape index (κ2) is 6.73. The maximum Gasteiger partial charge on any atom is 0.220 e. The molecular weight excluding hydrogens is 302 g/mol. The summed E-state index contributed by atoms with van der Waals surface area (Å²) in [5.74, 6) is 1.16. The summed E-state index contributed by atoms with van der Waals surface area (Å²) in [5, 5.41) is 2.97. The van der Waals surface area contributed by atoms with Crippen LogP contribution in [0, 0.1) is 0 Å². The highest BCUT2D eigenvalue weighted by Gasteiger charge is 2.26. The van der Waals surface area contributed by atoms with Crippen LogP contribution < -0.4 is 10.2 Å². The van der Waals surface area contributed by atoms with Crippen molar-refractivity contribution in [3.05, 3.63) is 30.5 Å². The van der Waals surface area contributed by atoms with Crippen molar-refractivity contribution in [1.82, 2.24) is 20.2 Å². The van der Waals surface area contributed by atoms with E-state index in [-0.39, 0.29) is 5.91 Å². The van der Waals surface area contributed by atoms with Gasteiger partial charge in [-0.3, -0.25) is 14.7 Å². The van der Waals surface area contributed by atoms with Crippen LogP contribution in [0.5, 0.6) is 0 Å². The Hall–Kier alpha value is -2.21. The van der Waals surface area contributed by atoms with Gasteiger partial charge in [-0.2, -0.15) is 0 Å². The summed E-state index contributed by atoms with van der Waals surface area (Å²) in [4.78, 5) is 25.6. The molecule has 2 aromatic rings. The number of anilines is 1. The maximum absolute atomic E-state index is 11.5. The summed E-state index contributed by atoms with van der Waals surface area (Å²) in [6.45, 7) is 4.77. The highest BCUT2D eigenvalue weighted by molar-refractivity contribution is 5.76. The Balaban J connectivity index is 1.40. The standard InChI is InChI=1S/C18H23N5O/c24-18-6-5-14(7-8-19-18)22-9-11-23(12-10-22)17-13-20-15-3-1-2-4-16(15)21-17/h1-4,13-14H,5-12H2,(H,19,24). The number of carbonyl (C=O) groups excluding carboxylic acids is 1. The van der Waals surface area contributed by atoms with Crippen molar-refractivity contribution in [2.24, 2.45) is 0 Å². The molecule has 0 spiro atoms. The van der Waals surface area contributed by atoms with E-state index in [1.54, 1.807) is 0 Å². The molecule has 0 aliphatic carbocycles. The molecule has 2 aliphatic rings. The number of benzene rings is 1. The third kappa shape index (κ3) is 3.19. The van der Waals surface area contributed by atoms with Crippen molar-refractivity contribution >= 4 is 22.8 Å². The normalized spacial score (nSPS) is 23.1. The lowest BCUT2D eigenvalue weighted by Crippen LogP contribution is -2.50. The molecular formula is C18H23N5O. The number of nitrogens with one attached hydrogen (secondary N) is 1. The molecule has 1 aromatic carbocycles.